The third-order valence-electron chi connectivity index (χ3n) is 4.44. The molecule has 5 nitrogen and oxygen atoms in total. The molecule has 2 aromatic carbocycles. The number of hydrogen-bond acceptors (Lipinski definition) is 5. The zero-order valence-electron chi connectivity index (χ0n) is 15.5. The second-order valence-electron chi connectivity index (χ2n) is 6.41. The zero-order chi connectivity index (χ0) is 19.2. The van der Waals surface area contributed by atoms with Crippen molar-refractivity contribution in [2.24, 2.45) is 0 Å². The number of aliphatic hydroxyl groups excluding tert-OH is 1. The molecule has 1 fully saturated rings. The number of para-hydroxylation sites is 2. The van der Waals surface area contributed by atoms with Gasteiger partial charge in [0.05, 0.1) is 19.8 Å². The van der Waals surface area contributed by atoms with Crippen LogP contribution in [0.2, 0.25) is 0 Å². The number of rotatable bonds is 7. The van der Waals surface area contributed by atoms with Crippen LogP contribution in [0.5, 0.6) is 11.5 Å². The van der Waals surface area contributed by atoms with Crippen molar-refractivity contribution in [2.45, 2.75) is 12.2 Å². The number of hydrogen-bond donors (Lipinski definition) is 1. The number of benzene rings is 2. The summed E-state index contributed by atoms with van der Waals surface area (Å²) in [6.07, 6.45) is -1.07. The first-order valence-electron chi connectivity index (χ1n) is 8.79. The predicted octanol–water partition coefficient (Wildman–Crippen LogP) is 3.21. The van der Waals surface area contributed by atoms with E-state index in [-0.39, 0.29) is 25.1 Å². The number of β-amino-alcohol motifs (C(OH)–C–C–N with tert-alkyl or cyclic N) is 1. The standard InChI is InChI=1S/C20H23F2NO4.ClH/c1-25-18-4-2-3-5-19(18)27-13-15(24)11-23-8-9-26-20(12-23)14-6-7-16(21)17(22)10-14;/h2-7,10,15,20,24H,8-9,11-13H2,1H3;1H. The van der Waals surface area contributed by atoms with E-state index in [9.17, 15) is 13.9 Å². The highest BCUT2D eigenvalue weighted by atomic mass is 35.5. The second kappa shape index (κ2) is 10.6. The fraction of sp³-hybridized carbons (Fsp3) is 0.400. The highest BCUT2D eigenvalue weighted by Crippen LogP contribution is 2.26. The molecule has 1 N–H and O–H groups in total. The summed E-state index contributed by atoms with van der Waals surface area (Å²) in [5.41, 5.74) is 0.582. The third-order valence-corrected chi connectivity index (χ3v) is 4.44. The van der Waals surface area contributed by atoms with Crippen LogP contribution in [0.15, 0.2) is 42.5 Å². The monoisotopic (exact) mass is 415 g/mol. The van der Waals surface area contributed by atoms with Crippen LogP contribution in [0, 0.1) is 11.6 Å². The lowest BCUT2D eigenvalue weighted by Gasteiger charge is -2.34. The topological polar surface area (TPSA) is 51.2 Å². The summed E-state index contributed by atoms with van der Waals surface area (Å²) >= 11 is 0. The smallest absolute Gasteiger partial charge is 0.161 e. The summed E-state index contributed by atoms with van der Waals surface area (Å²) in [7, 11) is 1.56. The lowest BCUT2D eigenvalue weighted by atomic mass is 10.1. The largest absolute Gasteiger partial charge is 0.493 e. The summed E-state index contributed by atoms with van der Waals surface area (Å²) in [6, 6.07) is 11.0. The Bertz CT molecular complexity index is 765. The van der Waals surface area contributed by atoms with Gasteiger partial charge >= 0.3 is 0 Å². The Kier molecular flexibility index (Phi) is 8.44. The maximum absolute atomic E-state index is 13.5. The van der Waals surface area contributed by atoms with Crippen molar-refractivity contribution in [2.75, 3.05) is 40.0 Å². The summed E-state index contributed by atoms with van der Waals surface area (Å²) in [5, 5.41) is 10.3. The van der Waals surface area contributed by atoms with Crippen molar-refractivity contribution < 1.29 is 28.1 Å². The van der Waals surface area contributed by atoms with Gasteiger partial charge in [0.1, 0.15) is 12.7 Å². The third kappa shape index (κ3) is 5.78. The van der Waals surface area contributed by atoms with Gasteiger partial charge in [0.25, 0.3) is 0 Å². The molecule has 3 rings (SSSR count). The fourth-order valence-corrected chi connectivity index (χ4v) is 3.06. The van der Waals surface area contributed by atoms with Gasteiger partial charge in [-0.15, -0.1) is 12.4 Å². The second-order valence-corrected chi connectivity index (χ2v) is 6.41. The molecule has 0 radical (unpaired) electrons. The van der Waals surface area contributed by atoms with Crippen LogP contribution in [-0.2, 0) is 4.74 Å². The van der Waals surface area contributed by atoms with Crippen LogP contribution >= 0.6 is 12.4 Å². The minimum Gasteiger partial charge on any atom is -0.493 e. The molecule has 0 aliphatic carbocycles. The first-order chi connectivity index (χ1) is 13.1. The van der Waals surface area contributed by atoms with Gasteiger partial charge in [-0.05, 0) is 29.8 Å². The molecule has 2 atom stereocenters. The van der Waals surface area contributed by atoms with Crippen LogP contribution in [0.4, 0.5) is 8.78 Å². The van der Waals surface area contributed by atoms with Gasteiger partial charge < -0.3 is 19.3 Å². The van der Waals surface area contributed by atoms with Gasteiger partial charge in [-0.25, -0.2) is 8.78 Å². The van der Waals surface area contributed by atoms with Gasteiger partial charge in [-0.3, -0.25) is 4.90 Å². The average Bonchev–Trinajstić information content (AvgIpc) is 2.69. The van der Waals surface area contributed by atoms with Gasteiger partial charge in [0.15, 0.2) is 23.1 Å². The molecule has 1 saturated heterocycles. The van der Waals surface area contributed by atoms with E-state index in [1.54, 1.807) is 19.2 Å². The highest BCUT2D eigenvalue weighted by Gasteiger charge is 2.24. The number of methoxy groups -OCH3 is 1. The Hall–Kier alpha value is -1.93. The molecule has 0 amide bonds. The molecule has 154 valence electrons. The van der Waals surface area contributed by atoms with Crippen LogP contribution in [0.1, 0.15) is 11.7 Å². The quantitative estimate of drug-likeness (QED) is 0.752. The maximum atomic E-state index is 13.5. The molecular weight excluding hydrogens is 392 g/mol. The van der Waals surface area contributed by atoms with E-state index in [1.165, 1.54) is 6.07 Å². The molecule has 8 heteroatoms. The number of halogens is 3. The van der Waals surface area contributed by atoms with E-state index >= 15 is 0 Å². The van der Waals surface area contributed by atoms with Crippen molar-refractivity contribution >= 4 is 12.4 Å². The lowest BCUT2D eigenvalue weighted by Crippen LogP contribution is -2.43. The number of nitrogens with zero attached hydrogens (tertiary/aromatic N) is 1. The van der Waals surface area contributed by atoms with Crippen LogP contribution in [-0.4, -0.2) is 56.1 Å². The summed E-state index contributed by atoms with van der Waals surface area (Å²) in [5.74, 6) is -0.594. The Morgan fingerprint density at radius 2 is 1.93 bits per heavy atom. The Labute approximate surface area is 169 Å². The molecule has 1 aliphatic rings. The zero-order valence-corrected chi connectivity index (χ0v) is 16.3. The lowest BCUT2D eigenvalue weighted by molar-refractivity contribution is -0.0461. The van der Waals surface area contributed by atoms with Gasteiger partial charge in [-0.2, -0.15) is 0 Å². The fourth-order valence-electron chi connectivity index (χ4n) is 3.06. The van der Waals surface area contributed by atoms with Crippen molar-refractivity contribution in [3.8, 4) is 11.5 Å². The molecule has 0 spiro atoms. The summed E-state index contributed by atoms with van der Waals surface area (Å²) in [4.78, 5) is 2.02. The molecule has 2 unspecified atom stereocenters. The average molecular weight is 416 g/mol. The van der Waals surface area contributed by atoms with Crippen molar-refractivity contribution in [3.05, 3.63) is 59.7 Å². The minimum absolute atomic E-state index is 0. The molecule has 0 aromatic heterocycles. The van der Waals surface area contributed by atoms with E-state index < -0.39 is 17.7 Å². The van der Waals surface area contributed by atoms with Gasteiger partial charge in [-0.1, -0.05) is 18.2 Å². The Morgan fingerprint density at radius 3 is 2.64 bits per heavy atom. The summed E-state index contributed by atoms with van der Waals surface area (Å²) in [6.45, 7) is 2.08. The van der Waals surface area contributed by atoms with Crippen LogP contribution in [0.25, 0.3) is 0 Å². The number of morpholine rings is 1. The Balaban J connectivity index is 0.00000280. The molecule has 1 heterocycles. The first-order valence-corrected chi connectivity index (χ1v) is 8.79. The van der Waals surface area contributed by atoms with Crippen LogP contribution < -0.4 is 9.47 Å². The van der Waals surface area contributed by atoms with Crippen molar-refractivity contribution in [1.82, 2.24) is 4.90 Å². The van der Waals surface area contributed by atoms with E-state index in [2.05, 4.69) is 0 Å². The van der Waals surface area contributed by atoms with E-state index in [4.69, 9.17) is 14.2 Å². The predicted molar refractivity (Wildman–Crippen MR) is 103 cm³/mol. The minimum atomic E-state index is -0.890. The maximum Gasteiger partial charge on any atom is 0.161 e. The van der Waals surface area contributed by atoms with Crippen molar-refractivity contribution in [1.29, 1.82) is 0 Å². The molecule has 0 saturated carbocycles. The van der Waals surface area contributed by atoms with Crippen molar-refractivity contribution in [3.63, 3.8) is 0 Å². The molecular formula is C20H24ClF2NO4. The van der Waals surface area contributed by atoms with Gasteiger partial charge in [0.2, 0.25) is 0 Å². The highest BCUT2D eigenvalue weighted by molar-refractivity contribution is 5.85. The molecule has 1 aliphatic heterocycles. The van der Waals surface area contributed by atoms with E-state index in [1.807, 2.05) is 17.0 Å². The van der Waals surface area contributed by atoms with E-state index in [0.717, 1.165) is 12.1 Å². The van der Waals surface area contributed by atoms with Crippen LogP contribution in [0.3, 0.4) is 0 Å². The summed E-state index contributed by atoms with van der Waals surface area (Å²) < 4.78 is 43.1. The first kappa shape index (κ1) is 22.4. The molecule has 0 bridgehead atoms. The normalized spacial score (nSPS) is 18.2. The molecule has 28 heavy (non-hydrogen) atoms. The number of aliphatic hydroxyl groups is 1. The Morgan fingerprint density at radius 1 is 1.18 bits per heavy atom. The SMILES string of the molecule is COc1ccccc1OCC(O)CN1CCOC(c2ccc(F)c(F)c2)C1.Cl. The number of ether oxygens (including phenoxy) is 3. The van der Waals surface area contributed by atoms with E-state index in [0.29, 0.717) is 43.3 Å². The molecule has 2 aromatic rings. The van der Waals surface area contributed by atoms with Gasteiger partial charge in [0, 0.05) is 19.6 Å².